The smallest absolute Gasteiger partial charge is 0.352 e. The molecule has 3 heterocycles. The number of carboxylic acids is 1. The number of amides is 3. The van der Waals surface area contributed by atoms with E-state index in [1.807, 2.05) is 13.8 Å². The van der Waals surface area contributed by atoms with Gasteiger partial charge in [0.25, 0.3) is 5.91 Å². The van der Waals surface area contributed by atoms with Gasteiger partial charge in [0.1, 0.15) is 23.2 Å². The highest BCUT2D eigenvalue weighted by atomic mass is 32.2. The van der Waals surface area contributed by atoms with Crippen LogP contribution in [0.4, 0.5) is 0 Å². The fourth-order valence-corrected chi connectivity index (χ4v) is 5.41. The maximum Gasteiger partial charge on any atom is 0.352 e. The number of benzene rings is 1. The Morgan fingerprint density at radius 3 is 2.58 bits per heavy atom. The lowest BCUT2D eigenvalue weighted by molar-refractivity contribution is -0.151. The van der Waals surface area contributed by atoms with Crippen LogP contribution in [0.1, 0.15) is 50.5 Å². The third-order valence-corrected chi connectivity index (χ3v) is 7.48. The van der Waals surface area contributed by atoms with Crippen LogP contribution in [0, 0.1) is 0 Å². The predicted molar refractivity (Wildman–Crippen MR) is 131 cm³/mol. The van der Waals surface area contributed by atoms with Crippen molar-refractivity contribution in [3.8, 4) is 0 Å². The zero-order valence-corrected chi connectivity index (χ0v) is 21.0. The number of nitrogens with zero attached hydrogens (tertiary/aromatic N) is 4. The summed E-state index contributed by atoms with van der Waals surface area (Å²) in [5.41, 5.74) is 1.81. The Hall–Kier alpha value is -3.67. The van der Waals surface area contributed by atoms with Gasteiger partial charge < -0.3 is 15.7 Å². The lowest BCUT2D eigenvalue weighted by Gasteiger charge is -2.49. The molecule has 1 fully saturated rings. The van der Waals surface area contributed by atoms with Crippen molar-refractivity contribution in [2.45, 2.75) is 57.1 Å². The third-order valence-electron chi connectivity index (χ3n) is 6.05. The van der Waals surface area contributed by atoms with E-state index in [1.54, 1.807) is 48.1 Å². The van der Waals surface area contributed by atoms with Gasteiger partial charge >= 0.3 is 5.97 Å². The molecule has 0 saturated carbocycles. The molecule has 0 radical (unpaired) electrons. The molecule has 3 N–H and O–H groups in total. The minimum Gasteiger partial charge on any atom is -0.477 e. The number of nitrogens with one attached hydrogen (secondary N) is 2. The second kappa shape index (κ2) is 10.5. The summed E-state index contributed by atoms with van der Waals surface area (Å²) in [5.74, 6) is -2.09. The van der Waals surface area contributed by atoms with Crippen LogP contribution in [0.3, 0.4) is 0 Å². The first-order valence-corrected chi connectivity index (χ1v) is 12.7. The Labute approximate surface area is 212 Å². The summed E-state index contributed by atoms with van der Waals surface area (Å²) in [6.45, 7) is 5.63. The van der Waals surface area contributed by atoms with Crippen LogP contribution in [-0.4, -0.2) is 65.9 Å². The molecule has 0 spiro atoms. The van der Waals surface area contributed by atoms with E-state index in [0.717, 1.165) is 0 Å². The van der Waals surface area contributed by atoms with E-state index in [0.29, 0.717) is 29.0 Å². The Bertz CT molecular complexity index is 1210. The number of carbonyl (C=O) groups is 4. The van der Waals surface area contributed by atoms with E-state index in [9.17, 15) is 24.3 Å². The van der Waals surface area contributed by atoms with E-state index in [1.165, 1.54) is 16.7 Å². The van der Waals surface area contributed by atoms with Crippen LogP contribution in [0.2, 0.25) is 0 Å². The second-order valence-electron chi connectivity index (χ2n) is 9.03. The molecule has 2 aromatic rings. The number of β-lactam (4-membered cyclic amide) rings is 1. The number of carbonyl (C=O) groups excluding carboxylic acids is 3. The number of carboxylic acid groups (broad SMARTS) is 1. The lowest BCUT2D eigenvalue weighted by atomic mass is 10.0. The Kier molecular flexibility index (Phi) is 7.43. The van der Waals surface area contributed by atoms with Crippen LogP contribution in [0.25, 0.3) is 0 Å². The summed E-state index contributed by atoms with van der Waals surface area (Å²) in [6, 6.07) is 7.01. The summed E-state index contributed by atoms with van der Waals surface area (Å²) in [5, 5.41) is 22.6. The first kappa shape index (κ1) is 25.4. The SMILES string of the molecule is CC1=C(C(=O)O)N2C(=O)C(NC(=O)C(NC(=O)CCc3cn(C(C)C)nn3)c3ccccc3)C2SC1. The number of aromatic nitrogens is 3. The van der Waals surface area contributed by atoms with Crippen molar-refractivity contribution < 1.29 is 24.3 Å². The van der Waals surface area contributed by atoms with Gasteiger partial charge in [0.15, 0.2) is 0 Å². The highest BCUT2D eigenvalue weighted by Crippen LogP contribution is 2.40. The average Bonchev–Trinajstić information content (AvgIpc) is 3.34. The maximum atomic E-state index is 13.3. The van der Waals surface area contributed by atoms with E-state index in [4.69, 9.17) is 0 Å². The molecule has 1 aromatic heterocycles. The van der Waals surface area contributed by atoms with E-state index < -0.39 is 35.2 Å². The molecule has 190 valence electrons. The number of thioether (sulfide) groups is 1. The fraction of sp³-hybridized carbons (Fsp3) is 0.417. The van der Waals surface area contributed by atoms with Crippen LogP contribution >= 0.6 is 11.8 Å². The number of rotatable bonds is 9. The lowest BCUT2D eigenvalue weighted by Crippen LogP contribution is -2.71. The van der Waals surface area contributed by atoms with Crippen molar-refractivity contribution in [3.63, 3.8) is 0 Å². The molecule has 3 amide bonds. The van der Waals surface area contributed by atoms with Gasteiger partial charge in [-0.3, -0.25) is 19.3 Å². The molecule has 3 unspecified atom stereocenters. The van der Waals surface area contributed by atoms with Crippen LogP contribution in [-0.2, 0) is 25.6 Å². The van der Waals surface area contributed by atoms with Crippen molar-refractivity contribution in [1.29, 1.82) is 0 Å². The van der Waals surface area contributed by atoms with Crippen LogP contribution in [0.15, 0.2) is 47.8 Å². The molecule has 36 heavy (non-hydrogen) atoms. The molecule has 0 aliphatic carbocycles. The number of fused-ring (bicyclic) bond motifs is 1. The standard InChI is InChI=1S/C24H28N6O5S/c1-13(2)29-11-16(27-28-29)9-10-17(31)25-18(15-7-5-4-6-8-15)21(32)26-19-22(33)30-20(24(34)35)14(3)12-36-23(19)30/h4-8,11,13,18-19,23H,9-10,12H2,1-3H3,(H,25,31)(H,26,32)(H,34,35). The number of hydrogen-bond donors (Lipinski definition) is 3. The van der Waals surface area contributed by atoms with Gasteiger partial charge in [-0.15, -0.1) is 16.9 Å². The normalized spacial score (nSPS) is 20.0. The molecule has 3 atom stereocenters. The molecule has 11 nitrogen and oxygen atoms in total. The average molecular weight is 513 g/mol. The molecule has 0 bridgehead atoms. The van der Waals surface area contributed by atoms with Gasteiger partial charge in [-0.05, 0) is 31.9 Å². The Morgan fingerprint density at radius 2 is 1.94 bits per heavy atom. The zero-order chi connectivity index (χ0) is 26.0. The van der Waals surface area contributed by atoms with Gasteiger partial charge in [0.2, 0.25) is 11.8 Å². The quantitative estimate of drug-likeness (QED) is 0.428. The molecule has 1 aromatic carbocycles. The molecule has 2 aliphatic rings. The molecule has 1 saturated heterocycles. The number of aryl methyl sites for hydroxylation is 1. The number of aliphatic carboxylic acids is 1. The first-order valence-electron chi connectivity index (χ1n) is 11.6. The van der Waals surface area contributed by atoms with Crippen molar-refractivity contribution in [3.05, 3.63) is 59.1 Å². The van der Waals surface area contributed by atoms with Crippen molar-refractivity contribution >= 4 is 35.5 Å². The summed E-state index contributed by atoms with van der Waals surface area (Å²) in [6.07, 6.45) is 2.25. The van der Waals surface area contributed by atoms with Gasteiger partial charge in [-0.1, -0.05) is 35.5 Å². The minimum absolute atomic E-state index is 0.0310. The van der Waals surface area contributed by atoms with Crippen LogP contribution in [0.5, 0.6) is 0 Å². The second-order valence-corrected chi connectivity index (χ2v) is 10.1. The monoisotopic (exact) mass is 512 g/mol. The molecular weight excluding hydrogens is 484 g/mol. The van der Waals surface area contributed by atoms with Crippen molar-refractivity contribution in [1.82, 2.24) is 30.5 Å². The van der Waals surface area contributed by atoms with Gasteiger partial charge in [0, 0.05) is 30.8 Å². The molecule has 4 rings (SSSR count). The topological polar surface area (TPSA) is 147 Å². The zero-order valence-electron chi connectivity index (χ0n) is 20.2. The predicted octanol–water partition coefficient (Wildman–Crippen LogP) is 1.41. The summed E-state index contributed by atoms with van der Waals surface area (Å²) >= 11 is 1.39. The van der Waals surface area contributed by atoms with Gasteiger partial charge in [0.05, 0.1) is 5.69 Å². The maximum absolute atomic E-state index is 13.3. The van der Waals surface area contributed by atoms with E-state index in [-0.39, 0.29) is 24.1 Å². The highest BCUT2D eigenvalue weighted by Gasteiger charge is 2.54. The third kappa shape index (κ3) is 5.13. The van der Waals surface area contributed by atoms with Crippen LogP contribution < -0.4 is 10.6 Å². The number of hydrogen-bond acceptors (Lipinski definition) is 7. The van der Waals surface area contributed by atoms with Crippen molar-refractivity contribution in [2.24, 2.45) is 0 Å². The van der Waals surface area contributed by atoms with Gasteiger partial charge in [-0.2, -0.15) is 0 Å². The molecule has 2 aliphatic heterocycles. The largest absolute Gasteiger partial charge is 0.477 e. The molecular formula is C24H28N6O5S. The minimum atomic E-state index is -1.17. The van der Waals surface area contributed by atoms with Gasteiger partial charge in [-0.25, -0.2) is 9.48 Å². The van der Waals surface area contributed by atoms with E-state index >= 15 is 0 Å². The summed E-state index contributed by atoms with van der Waals surface area (Å²) < 4.78 is 1.71. The summed E-state index contributed by atoms with van der Waals surface area (Å²) in [4.78, 5) is 51.7. The Balaban J connectivity index is 1.43. The fourth-order valence-electron chi connectivity index (χ4n) is 4.11. The Morgan fingerprint density at radius 1 is 1.22 bits per heavy atom. The first-order chi connectivity index (χ1) is 17.2. The van der Waals surface area contributed by atoms with Crippen molar-refractivity contribution in [2.75, 3.05) is 5.75 Å². The highest BCUT2D eigenvalue weighted by molar-refractivity contribution is 8.00. The summed E-state index contributed by atoms with van der Waals surface area (Å²) in [7, 11) is 0. The molecule has 12 heteroatoms. The van der Waals surface area contributed by atoms with E-state index in [2.05, 4.69) is 20.9 Å².